The van der Waals surface area contributed by atoms with Gasteiger partial charge in [0.25, 0.3) is 0 Å². The lowest BCUT2D eigenvalue weighted by atomic mass is 9.94. The van der Waals surface area contributed by atoms with Gasteiger partial charge in [-0.05, 0) is 53.3 Å². The largest absolute Gasteiger partial charge is 0.508 e. The number of thiophene rings is 1. The molecule has 0 saturated heterocycles. The summed E-state index contributed by atoms with van der Waals surface area (Å²) < 4.78 is -1.06. The van der Waals surface area contributed by atoms with Crippen LogP contribution < -0.4 is 0 Å². The van der Waals surface area contributed by atoms with Crippen LogP contribution in [0, 0.1) is 0 Å². The average Bonchev–Trinajstić information content (AvgIpc) is 3.16. The Morgan fingerprint density at radius 1 is 1.08 bits per heavy atom. The summed E-state index contributed by atoms with van der Waals surface area (Å²) in [5.41, 5.74) is 1.85. The Labute approximate surface area is 155 Å². The third kappa shape index (κ3) is 3.57. The number of thioether (sulfide) groups is 1. The predicted molar refractivity (Wildman–Crippen MR) is 103 cm³/mol. The summed E-state index contributed by atoms with van der Waals surface area (Å²) in [5.74, 6) is -0.695. The minimum atomic E-state index is -1.06. The second kappa shape index (κ2) is 7.33. The Bertz CT molecular complexity index is 840. The van der Waals surface area contributed by atoms with Gasteiger partial charge < -0.3 is 10.2 Å². The van der Waals surface area contributed by atoms with Crippen molar-refractivity contribution in [3.8, 4) is 16.2 Å². The van der Waals surface area contributed by atoms with Gasteiger partial charge in [0.1, 0.15) is 10.5 Å². The maximum Gasteiger partial charge on any atom is 0.324 e. The van der Waals surface area contributed by atoms with Crippen LogP contribution in [0.25, 0.3) is 10.4 Å². The molecule has 0 fully saturated rings. The van der Waals surface area contributed by atoms with Crippen LogP contribution in [0.2, 0.25) is 0 Å². The van der Waals surface area contributed by atoms with Crippen molar-refractivity contribution in [1.82, 2.24) is 0 Å². The van der Waals surface area contributed by atoms with Crippen molar-refractivity contribution in [2.45, 2.75) is 23.0 Å². The molecule has 0 aliphatic carbocycles. The number of hydrogen-bond acceptors (Lipinski definition) is 4. The lowest BCUT2D eigenvalue weighted by Crippen LogP contribution is -2.31. The number of aliphatic carboxylic acids is 1. The zero-order valence-corrected chi connectivity index (χ0v) is 15.3. The van der Waals surface area contributed by atoms with Crippen LogP contribution in [0.4, 0.5) is 0 Å². The topological polar surface area (TPSA) is 57.5 Å². The standard InChI is InChI=1S/C20H18O3S2/c1-2-20(19(22)23,25-17-11-9-16(21)10-12-17)15-7-5-14(6-8-15)18-4-3-13-24-18/h3-13,21H,2H2,1H3,(H,22,23). The highest BCUT2D eigenvalue weighted by atomic mass is 32.2. The van der Waals surface area contributed by atoms with Gasteiger partial charge >= 0.3 is 5.97 Å². The Morgan fingerprint density at radius 3 is 2.28 bits per heavy atom. The molecule has 0 bridgehead atoms. The Balaban J connectivity index is 1.97. The molecule has 128 valence electrons. The van der Waals surface area contributed by atoms with E-state index >= 15 is 0 Å². The SMILES string of the molecule is CCC(Sc1ccc(O)cc1)(C(=O)O)c1ccc(-c2cccs2)cc1. The number of hydrogen-bond donors (Lipinski definition) is 2. The van der Waals surface area contributed by atoms with Gasteiger partial charge in [0.05, 0.1) is 0 Å². The number of benzene rings is 2. The van der Waals surface area contributed by atoms with E-state index in [-0.39, 0.29) is 5.75 Å². The third-order valence-corrected chi connectivity index (χ3v) is 6.60. The summed E-state index contributed by atoms with van der Waals surface area (Å²) >= 11 is 2.96. The van der Waals surface area contributed by atoms with Crippen molar-refractivity contribution in [2.75, 3.05) is 0 Å². The summed E-state index contributed by atoms with van der Waals surface area (Å²) in [6, 6.07) is 18.4. The number of phenols is 1. The van der Waals surface area contributed by atoms with E-state index < -0.39 is 10.7 Å². The molecule has 3 rings (SSSR count). The van der Waals surface area contributed by atoms with E-state index in [0.717, 1.165) is 20.9 Å². The van der Waals surface area contributed by atoms with Crippen molar-refractivity contribution in [1.29, 1.82) is 0 Å². The van der Waals surface area contributed by atoms with E-state index in [1.165, 1.54) is 11.8 Å². The van der Waals surface area contributed by atoms with Crippen molar-refractivity contribution in [3.63, 3.8) is 0 Å². The number of carboxylic acids is 1. The van der Waals surface area contributed by atoms with Gasteiger partial charge in [0, 0.05) is 9.77 Å². The van der Waals surface area contributed by atoms with Gasteiger partial charge in [0.2, 0.25) is 0 Å². The zero-order valence-electron chi connectivity index (χ0n) is 13.7. The van der Waals surface area contributed by atoms with Crippen LogP contribution in [0.15, 0.2) is 70.9 Å². The Kier molecular flexibility index (Phi) is 5.16. The molecular formula is C20H18O3S2. The highest BCUT2D eigenvalue weighted by molar-refractivity contribution is 8.01. The molecule has 3 nitrogen and oxygen atoms in total. The normalized spacial score (nSPS) is 13.3. The third-order valence-electron chi connectivity index (χ3n) is 4.13. The van der Waals surface area contributed by atoms with Gasteiger partial charge in [-0.3, -0.25) is 4.79 Å². The fourth-order valence-corrected chi connectivity index (χ4v) is 4.61. The van der Waals surface area contributed by atoms with E-state index in [2.05, 4.69) is 6.07 Å². The molecular weight excluding hydrogens is 352 g/mol. The van der Waals surface area contributed by atoms with Crippen molar-refractivity contribution in [2.24, 2.45) is 0 Å². The van der Waals surface area contributed by atoms with E-state index in [9.17, 15) is 15.0 Å². The second-order valence-electron chi connectivity index (χ2n) is 5.64. The second-order valence-corrected chi connectivity index (χ2v) is 7.96. The van der Waals surface area contributed by atoms with Crippen molar-refractivity contribution >= 4 is 29.1 Å². The first-order chi connectivity index (χ1) is 12.0. The first kappa shape index (κ1) is 17.6. The molecule has 0 amide bonds. The fraction of sp³-hybridized carbons (Fsp3) is 0.150. The summed E-state index contributed by atoms with van der Waals surface area (Å²) in [6.07, 6.45) is 0.451. The lowest BCUT2D eigenvalue weighted by Gasteiger charge is -2.28. The molecule has 1 aromatic heterocycles. The molecule has 2 aromatic carbocycles. The Hall–Kier alpha value is -2.24. The molecule has 5 heteroatoms. The number of carboxylic acid groups (broad SMARTS) is 1. The first-order valence-electron chi connectivity index (χ1n) is 7.91. The van der Waals surface area contributed by atoms with Gasteiger partial charge in [-0.2, -0.15) is 0 Å². The predicted octanol–water partition coefficient (Wildman–Crippen LogP) is 5.60. The van der Waals surface area contributed by atoms with Gasteiger partial charge in [-0.15, -0.1) is 23.1 Å². The molecule has 2 N–H and O–H groups in total. The number of aromatic hydroxyl groups is 1. The first-order valence-corrected chi connectivity index (χ1v) is 9.60. The maximum atomic E-state index is 12.2. The molecule has 3 aromatic rings. The van der Waals surface area contributed by atoms with Crippen molar-refractivity contribution in [3.05, 3.63) is 71.6 Å². The quantitative estimate of drug-likeness (QED) is 0.554. The maximum absolute atomic E-state index is 12.2. The van der Waals surface area contributed by atoms with Crippen LogP contribution in [0.1, 0.15) is 18.9 Å². The molecule has 1 atom stereocenters. The van der Waals surface area contributed by atoms with Crippen LogP contribution >= 0.6 is 23.1 Å². The molecule has 25 heavy (non-hydrogen) atoms. The molecule has 0 aliphatic rings. The monoisotopic (exact) mass is 370 g/mol. The smallest absolute Gasteiger partial charge is 0.324 e. The van der Waals surface area contributed by atoms with Crippen LogP contribution in [-0.2, 0) is 9.54 Å². The van der Waals surface area contributed by atoms with E-state index in [1.807, 2.05) is 42.6 Å². The van der Waals surface area contributed by atoms with Crippen LogP contribution in [0.5, 0.6) is 5.75 Å². The van der Waals surface area contributed by atoms with Crippen LogP contribution in [-0.4, -0.2) is 16.2 Å². The van der Waals surface area contributed by atoms with E-state index in [1.54, 1.807) is 35.6 Å². The van der Waals surface area contributed by atoms with E-state index in [4.69, 9.17) is 0 Å². The minimum absolute atomic E-state index is 0.169. The fourth-order valence-electron chi connectivity index (χ4n) is 2.72. The summed E-state index contributed by atoms with van der Waals surface area (Å²) in [5, 5.41) is 21.4. The summed E-state index contributed by atoms with van der Waals surface area (Å²) in [6.45, 7) is 1.88. The van der Waals surface area contributed by atoms with Gasteiger partial charge in [-0.25, -0.2) is 0 Å². The Morgan fingerprint density at radius 2 is 1.76 bits per heavy atom. The van der Waals surface area contributed by atoms with Crippen LogP contribution in [0.3, 0.4) is 0 Å². The van der Waals surface area contributed by atoms with Gasteiger partial charge in [-0.1, -0.05) is 37.3 Å². The molecule has 1 heterocycles. The molecule has 0 aliphatic heterocycles. The highest BCUT2D eigenvalue weighted by Gasteiger charge is 2.40. The number of rotatable bonds is 6. The summed E-state index contributed by atoms with van der Waals surface area (Å²) in [4.78, 5) is 14.1. The van der Waals surface area contributed by atoms with Crippen molar-refractivity contribution < 1.29 is 15.0 Å². The molecule has 0 saturated carbocycles. The van der Waals surface area contributed by atoms with Gasteiger partial charge in [0.15, 0.2) is 0 Å². The molecule has 0 radical (unpaired) electrons. The molecule has 0 spiro atoms. The highest BCUT2D eigenvalue weighted by Crippen LogP contribution is 2.45. The summed E-state index contributed by atoms with van der Waals surface area (Å²) in [7, 11) is 0. The number of phenolic OH excluding ortho intramolecular Hbond substituents is 1. The lowest BCUT2D eigenvalue weighted by molar-refractivity contribution is -0.140. The minimum Gasteiger partial charge on any atom is -0.508 e. The zero-order chi connectivity index (χ0) is 17.9. The number of carbonyl (C=O) groups is 1. The molecule has 1 unspecified atom stereocenters. The van der Waals surface area contributed by atoms with E-state index in [0.29, 0.717) is 6.42 Å². The average molecular weight is 370 g/mol.